The van der Waals surface area contributed by atoms with Crippen LogP contribution in [0.15, 0.2) is 0 Å². The van der Waals surface area contributed by atoms with Crippen LogP contribution >= 0.6 is 0 Å². The van der Waals surface area contributed by atoms with Crippen molar-refractivity contribution in [3.8, 4) is 0 Å². The molecule has 1 N–H and O–H groups in total. The molecule has 0 saturated heterocycles. The Morgan fingerprint density at radius 1 is 1.20 bits per heavy atom. The van der Waals surface area contributed by atoms with E-state index in [0.717, 1.165) is 0 Å². The molecule has 0 aliphatic heterocycles. The molecular formula is C9H21N. The van der Waals surface area contributed by atoms with Crippen LogP contribution in [0.25, 0.3) is 0 Å². The van der Waals surface area contributed by atoms with Crippen LogP contribution in [0.5, 0.6) is 0 Å². The van der Waals surface area contributed by atoms with Gasteiger partial charge in [-0.25, -0.2) is 0 Å². The number of hydrogen-bond donors (Lipinski definition) is 1. The van der Waals surface area contributed by atoms with E-state index in [2.05, 4.69) is 33.0 Å². The summed E-state index contributed by atoms with van der Waals surface area (Å²) in [6.45, 7) is 8.89. The van der Waals surface area contributed by atoms with Crippen LogP contribution < -0.4 is 5.32 Å². The maximum Gasteiger partial charge on any atom is 0.00410 e. The Hall–Kier alpha value is -0.0400. The van der Waals surface area contributed by atoms with Crippen LogP contribution in [0, 0.1) is 0 Å². The summed E-state index contributed by atoms with van der Waals surface area (Å²) in [7, 11) is 0. The first-order chi connectivity index (χ1) is 4.66. The van der Waals surface area contributed by atoms with Crippen molar-refractivity contribution >= 4 is 0 Å². The molecule has 0 heterocycles. The van der Waals surface area contributed by atoms with Gasteiger partial charge in [0.05, 0.1) is 0 Å². The Labute approximate surface area is 65.2 Å². The zero-order valence-electron chi connectivity index (χ0n) is 7.78. The molecule has 62 valence electrons. The third-order valence-electron chi connectivity index (χ3n) is 1.61. The SMILES string of the molecule is CCCC[C@@H](C)NC(C)C. The Balaban J connectivity index is 3.16. The Morgan fingerprint density at radius 3 is 2.20 bits per heavy atom. The van der Waals surface area contributed by atoms with Crippen LogP contribution in [0.1, 0.15) is 47.0 Å². The van der Waals surface area contributed by atoms with Crippen LogP contribution in [-0.4, -0.2) is 12.1 Å². The fourth-order valence-corrected chi connectivity index (χ4v) is 1.16. The summed E-state index contributed by atoms with van der Waals surface area (Å²) >= 11 is 0. The van der Waals surface area contributed by atoms with Crippen LogP contribution in [0.2, 0.25) is 0 Å². The molecular weight excluding hydrogens is 122 g/mol. The highest BCUT2D eigenvalue weighted by Gasteiger charge is 2.00. The molecule has 1 atom stereocenters. The van der Waals surface area contributed by atoms with Crippen molar-refractivity contribution in [3.63, 3.8) is 0 Å². The molecule has 0 bridgehead atoms. The minimum Gasteiger partial charge on any atom is -0.312 e. The summed E-state index contributed by atoms with van der Waals surface area (Å²) in [6.07, 6.45) is 3.97. The van der Waals surface area contributed by atoms with Gasteiger partial charge < -0.3 is 5.32 Å². The van der Waals surface area contributed by atoms with Crippen LogP contribution in [0.3, 0.4) is 0 Å². The third kappa shape index (κ3) is 6.09. The first kappa shape index (κ1) is 9.96. The fourth-order valence-electron chi connectivity index (χ4n) is 1.16. The largest absolute Gasteiger partial charge is 0.312 e. The first-order valence-electron chi connectivity index (χ1n) is 4.42. The van der Waals surface area contributed by atoms with E-state index >= 15 is 0 Å². The number of nitrogens with one attached hydrogen (secondary N) is 1. The fraction of sp³-hybridized carbons (Fsp3) is 1.00. The van der Waals surface area contributed by atoms with Gasteiger partial charge in [-0.15, -0.1) is 0 Å². The predicted octanol–water partition coefficient (Wildman–Crippen LogP) is 2.56. The topological polar surface area (TPSA) is 12.0 Å². The molecule has 0 aromatic heterocycles. The summed E-state index contributed by atoms with van der Waals surface area (Å²) in [5, 5.41) is 3.48. The molecule has 0 saturated carbocycles. The zero-order chi connectivity index (χ0) is 7.98. The molecule has 0 aromatic rings. The first-order valence-corrected chi connectivity index (χ1v) is 4.42. The van der Waals surface area contributed by atoms with Crippen molar-refractivity contribution in [3.05, 3.63) is 0 Å². The predicted molar refractivity (Wildman–Crippen MR) is 47.3 cm³/mol. The second-order valence-corrected chi connectivity index (χ2v) is 3.36. The van der Waals surface area contributed by atoms with E-state index < -0.39 is 0 Å². The quantitative estimate of drug-likeness (QED) is 0.623. The van der Waals surface area contributed by atoms with Crippen molar-refractivity contribution in [1.82, 2.24) is 5.32 Å². The molecule has 1 nitrogen and oxygen atoms in total. The van der Waals surface area contributed by atoms with Gasteiger partial charge in [-0.3, -0.25) is 0 Å². The number of unbranched alkanes of at least 4 members (excludes halogenated alkanes) is 1. The molecule has 0 aliphatic carbocycles. The van der Waals surface area contributed by atoms with Crippen LogP contribution in [0.4, 0.5) is 0 Å². The average Bonchev–Trinajstić information content (AvgIpc) is 1.82. The maximum absolute atomic E-state index is 3.48. The van der Waals surface area contributed by atoms with Crippen LogP contribution in [-0.2, 0) is 0 Å². The molecule has 0 aromatic carbocycles. The van der Waals surface area contributed by atoms with Crippen molar-refractivity contribution < 1.29 is 0 Å². The molecule has 0 rings (SSSR count). The molecule has 1 heteroatoms. The molecule has 0 spiro atoms. The highest BCUT2D eigenvalue weighted by Crippen LogP contribution is 1.99. The standard InChI is InChI=1S/C9H21N/c1-5-6-7-9(4)10-8(2)3/h8-10H,5-7H2,1-4H3/t9-/m1/s1. The van der Waals surface area contributed by atoms with E-state index in [-0.39, 0.29) is 0 Å². The van der Waals surface area contributed by atoms with Gasteiger partial charge >= 0.3 is 0 Å². The lowest BCUT2D eigenvalue weighted by molar-refractivity contribution is 0.453. The van der Waals surface area contributed by atoms with Gasteiger partial charge in [0.1, 0.15) is 0 Å². The van der Waals surface area contributed by atoms with Crippen molar-refractivity contribution in [2.45, 2.75) is 59.0 Å². The summed E-state index contributed by atoms with van der Waals surface area (Å²) < 4.78 is 0. The molecule has 0 fully saturated rings. The zero-order valence-corrected chi connectivity index (χ0v) is 7.78. The Kier molecular flexibility index (Phi) is 5.70. The minimum atomic E-state index is 0.631. The highest BCUT2D eigenvalue weighted by atomic mass is 14.9. The average molecular weight is 143 g/mol. The van der Waals surface area contributed by atoms with Gasteiger partial charge in [0.15, 0.2) is 0 Å². The second-order valence-electron chi connectivity index (χ2n) is 3.36. The summed E-state index contributed by atoms with van der Waals surface area (Å²) in [6, 6.07) is 1.33. The lowest BCUT2D eigenvalue weighted by Gasteiger charge is -2.15. The number of rotatable bonds is 5. The monoisotopic (exact) mass is 143 g/mol. The molecule has 0 aliphatic rings. The van der Waals surface area contributed by atoms with Gasteiger partial charge in [0, 0.05) is 12.1 Å². The van der Waals surface area contributed by atoms with Crippen molar-refractivity contribution in [2.75, 3.05) is 0 Å². The smallest absolute Gasteiger partial charge is 0.00410 e. The number of hydrogen-bond acceptors (Lipinski definition) is 1. The van der Waals surface area contributed by atoms with Crippen molar-refractivity contribution in [1.29, 1.82) is 0 Å². The Morgan fingerprint density at radius 2 is 1.80 bits per heavy atom. The van der Waals surface area contributed by atoms with E-state index in [1.54, 1.807) is 0 Å². The lowest BCUT2D eigenvalue weighted by atomic mass is 10.1. The third-order valence-corrected chi connectivity index (χ3v) is 1.61. The summed E-state index contributed by atoms with van der Waals surface area (Å²) in [5.74, 6) is 0. The normalized spacial score (nSPS) is 14.1. The Bertz CT molecular complexity index is 69.1. The lowest BCUT2D eigenvalue weighted by Crippen LogP contribution is -2.32. The van der Waals surface area contributed by atoms with Gasteiger partial charge in [-0.05, 0) is 13.3 Å². The summed E-state index contributed by atoms with van der Waals surface area (Å²) in [5.41, 5.74) is 0. The van der Waals surface area contributed by atoms with E-state index in [9.17, 15) is 0 Å². The van der Waals surface area contributed by atoms with Crippen molar-refractivity contribution in [2.24, 2.45) is 0 Å². The maximum atomic E-state index is 3.48. The van der Waals surface area contributed by atoms with Gasteiger partial charge in [0.25, 0.3) is 0 Å². The highest BCUT2D eigenvalue weighted by molar-refractivity contribution is 4.62. The summed E-state index contributed by atoms with van der Waals surface area (Å²) in [4.78, 5) is 0. The molecule has 0 amide bonds. The van der Waals surface area contributed by atoms with Gasteiger partial charge in [-0.2, -0.15) is 0 Å². The second kappa shape index (κ2) is 5.72. The van der Waals surface area contributed by atoms with Gasteiger partial charge in [0.2, 0.25) is 0 Å². The molecule has 0 radical (unpaired) electrons. The molecule has 0 unspecified atom stereocenters. The minimum absolute atomic E-state index is 0.631. The van der Waals surface area contributed by atoms with E-state index in [1.165, 1.54) is 19.3 Å². The van der Waals surface area contributed by atoms with E-state index in [0.29, 0.717) is 12.1 Å². The molecule has 10 heavy (non-hydrogen) atoms. The van der Waals surface area contributed by atoms with Gasteiger partial charge in [-0.1, -0.05) is 33.6 Å². The van der Waals surface area contributed by atoms with E-state index in [4.69, 9.17) is 0 Å². The van der Waals surface area contributed by atoms with E-state index in [1.807, 2.05) is 0 Å².